The van der Waals surface area contributed by atoms with Crippen molar-refractivity contribution in [3.8, 4) is 0 Å². The normalized spacial score (nSPS) is 17.2. The lowest BCUT2D eigenvalue weighted by Gasteiger charge is -2.13. The second-order valence-corrected chi connectivity index (χ2v) is 4.60. The predicted molar refractivity (Wildman–Crippen MR) is 73.0 cm³/mol. The molecule has 0 aromatic heterocycles. The summed E-state index contributed by atoms with van der Waals surface area (Å²) in [6.45, 7) is 3.50. The van der Waals surface area contributed by atoms with Crippen LogP contribution in [0.5, 0.6) is 0 Å². The zero-order chi connectivity index (χ0) is 13.5. The van der Waals surface area contributed by atoms with E-state index in [0.717, 1.165) is 19.4 Å². The van der Waals surface area contributed by atoms with Crippen LogP contribution >= 0.6 is 0 Å². The van der Waals surface area contributed by atoms with Gasteiger partial charge in [0.2, 0.25) is 0 Å². The molecule has 0 radical (unpaired) electrons. The van der Waals surface area contributed by atoms with Crippen LogP contribution in [-0.4, -0.2) is 32.3 Å². The third kappa shape index (κ3) is 4.04. The van der Waals surface area contributed by atoms with E-state index >= 15 is 0 Å². The predicted octanol–water partition coefficient (Wildman–Crippen LogP) is 1.84. The molecule has 1 atom stereocenters. The van der Waals surface area contributed by atoms with E-state index in [0.29, 0.717) is 19.3 Å². The molecule has 1 aliphatic rings. The van der Waals surface area contributed by atoms with Crippen molar-refractivity contribution in [3.05, 3.63) is 35.4 Å². The Bertz CT molecular complexity index is 420. The van der Waals surface area contributed by atoms with Crippen LogP contribution in [0.2, 0.25) is 0 Å². The smallest absolute Gasteiger partial charge is 0.332 e. The molecule has 4 heteroatoms. The van der Waals surface area contributed by atoms with Gasteiger partial charge >= 0.3 is 5.97 Å². The second-order valence-electron chi connectivity index (χ2n) is 4.60. The van der Waals surface area contributed by atoms with Crippen LogP contribution < -0.4 is 5.32 Å². The van der Waals surface area contributed by atoms with Gasteiger partial charge in [0.25, 0.3) is 0 Å². The summed E-state index contributed by atoms with van der Waals surface area (Å²) in [5, 5.41) is 3.47. The lowest BCUT2D eigenvalue weighted by Crippen LogP contribution is -2.25. The minimum Gasteiger partial charge on any atom is -0.464 e. The quantitative estimate of drug-likeness (QED) is 0.602. The molecule has 0 saturated carbocycles. The number of benzene rings is 1. The van der Waals surface area contributed by atoms with Gasteiger partial charge in [-0.2, -0.15) is 0 Å². The maximum atomic E-state index is 11.1. The van der Waals surface area contributed by atoms with Gasteiger partial charge in [0.1, 0.15) is 6.61 Å². The SMILES string of the molecule is CCOC(=O)COCCNC1CCc2ccccc21. The number of carbonyl (C=O) groups excluding carboxylic acids is 1. The Hall–Kier alpha value is -1.39. The molecule has 0 bridgehead atoms. The molecule has 0 heterocycles. The summed E-state index contributed by atoms with van der Waals surface area (Å²) in [5.74, 6) is -0.297. The van der Waals surface area contributed by atoms with Crippen LogP contribution in [0.15, 0.2) is 24.3 Å². The molecule has 0 saturated heterocycles. The van der Waals surface area contributed by atoms with E-state index in [9.17, 15) is 4.79 Å². The standard InChI is InChI=1S/C15H21NO3/c1-2-19-15(17)11-18-10-9-16-14-8-7-12-5-3-4-6-13(12)14/h3-6,14,16H,2,7-11H2,1H3. The van der Waals surface area contributed by atoms with Crippen molar-refractivity contribution in [2.24, 2.45) is 0 Å². The Balaban J connectivity index is 1.64. The summed E-state index contributed by atoms with van der Waals surface area (Å²) in [6, 6.07) is 8.95. The number of aryl methyl sites for hydroxylation is 1. The number of fused-ring (bicyclic) bond motifs is 1. The van der Waals surface area contributed by atoms with Gasteiger partial charge in [-0.1, -0.05) is 24.3 Å². The van der Waals surface area contributed by atoms with Crippen molar-refractivity contribution >= 4 is 5.97 Å². The first-order valence-corrected chi connectivity index (χ1v) is 6.85. The van der Waals surface area contributed by atoms with Gasteiger partial charge in [-0.3, -0.25) is 0 Å². The molecule has 0 spiro atoms. The molecule has 0 fully saturated rings. The summed E-state index contributed by atoms with van der Waals surface area (Å²) < 4.78 is 10.0. The van der Waals surface area contributed by atoms with E-state index < -0.39 is 0 Å². The summed E-state index contributed by atoms with van der Waals surface area (Å²) in [5.41, 5.74) is 2.83. The maximum absolute atomic E-state index is 11.1. The molecule has 104 valence electrons. The Morgan fingerprint density at radius 2 is 2.26 bits per heavy atom. The maximum Gasteiger partial charge on any atom is 0.332 e. The topological polar surface area (TPSA) is 47.6 Å². The van der Waals surface area contributed by atoms with E-state index in [1.54, 1.807) is 6.92 Å². The highest BCUT2D eigenvalue weighted by Crippen LogP contribution is 2.30. The molecule has 2 rings (SSSR count). The summed E-state index contributed by atoms with van der Waals surface area (Å²) in [4.78, 5) is 11.1. The Kier molecular flexibility index (Phi) is 5.36. The molecule has 1 aromatic carbocycles. The number of hydrogen-bond acceptors (Lipinski definition) is 4. The average Bonchev–Trinajstić information content (AvgIpc) is 2.82. The van der Waals surface area contributed by atoms with E-state index in [2.05, 4.69) is 29.6 Å². The van der Waals surface area contributed by atoms with Gasteiger partial charge < -0.3 is 14.8 Å². The van der Waals surface area contributed by atoms with Crippen LogP contribution in [0.4, 0.5) is 0 Å². The van der Waals surface area contributed by atoms with Gasteiger partial charge in [0, 0.05) is 12.6 Å². The van der Waals surface area contributed by atoms with Gasteiger partial charge in [0.05, 0.1) is 13.2 Å². The molecule has 1 aliphatic carbocycles. The average molecular weight is 263 g/mol. The number of esters is 1. The van der Waals surface area contributed by atoms with E-state index in [1.807, 2.05) is 0 Å². The first kappa shape index (κ1) is 14.0. The molecule has 0 aliphatic heterocycles. The highest BCUT2D eigenvalue weighted by Gasteiger charge is 2.20. The Morgan fingerprint density at radius 1 is 1.42 bits per heavy atom. The van der Waals surface area contributed by atoms with Crippen molar-refractivity contribution in [2.75, 3.05) is 26.4 Å². The lowest BCUT2D eigenvalue weighted by molar-refractivity contribution is -0.148. The number of rotatable bonds is 7. The number of carbonyl (C=O) groups is 1. The minimum atomic E-state index is -0.297. The lowest BCUT2D eigenvalue weighted by atomic mass is 10.1. The van der Waals surface area contributed by atoms with Crippen molar-refractivity contribution in [1.82, 2.24) is 5.32 Å². The fraction of sp³-hybridized carbons (Fsp3) is 0.533. The van der Waals surface area contributed by atoms with Crippen molar-refractivity contribution in [2.45, 2.75) is 25.8 Å². The number of ether oxygens (including phenoxy) is 2. The Labute approximate surface area is 114 Å². The third-order valence-electron chi connectivity index (χ3n) is 3.30. The fourth-order valence-corrected chi connectivity index (χ4v) is 2.43. The van der Waals surface area contributed by atoms with Crippen LogP contribution in [0.3, 0.4) is 0 Å². The first-order chi connectivity index (χ1) is 9.31. The molecule has 1 N–H and O–H groups in total. The summed E-state index contributed by atoms with van der Waals surface area (Å²) in [6.07, 6.45) is 2.27. The van der Waals surface area contributed by atoms with Gasteiger partial charge in [-0.05, 0) is 30.9 Å². The zero-order valence-corrected chi connectivity index (χ0v) is 11.4. The van der Waals surface area contributed by atoms with Gasteiger partial charge in [-0.15, -0.1) is 0 Å². The summed E-state index contributed by atoms with van der Waals surface area (Å²) >= 11 is 0. The third-order valence-corrected chi connectivity index (χ3v) is 3.30. The molecule has 1 unspecified atom stereocenters. The van der Waals surface area contributed by atoms with Crippen LogP contribution in [0.1, 0.15) is 30.5 Å². The highest BCUT2D eigenvalue weighted by atomic mass is 16.6. The molecule has 19 heavy (non-hydrogen) atoms. The minimum absolute atomic E-state index is 0.0385. The van der Waals surface area contributed by atoms with Crippen LogP contribution in [0.25, 0.3) is 0 Å². The fourth-order valence-electron chi connectivity index (χ4n) is 2.43. The van der Waals surface area contributed by atoms with Crippen molar-refractivity contribution in [3.63, 3.8) is 0 Å². The van der Waals surface area contributed by atoms with Crippen LogP contribution in [-0.2, 0) is 20.7 Å². The molecular weight excluding hydrogens is 242 g/mol. The number of nitrogens with one attached hydrogen (secondary N) is 1. The van der Waals surface area contributed by atoms with Gasteiger partial charge in [0.15, 0.2) is 0 Å². The molecule has 4 nitrogen and oxygen atoms in total. The molecular formula is C15H21NO3. The largest absolute Gasteiger partial charge is 0.464 e. The number of hydrogen-bond donors (Lipinski definition) is 1. The molecule has 0 amide bonds. The van der Waals surface area contributed by atoms with E-state index in [1.165, 1.54) is 11.1 Å². The highest BCUT2D eigenvalue weighted by molar-refractivity contribution is 5.70. The first-order valence-electron chi connectivity index (χ1n) is 6.85. The monoisotopic (exact) mass is 263 g/mol. The van der Waals surface area contributed by atoms with Crippen LogP contribution in [0, 0.1) is 0 Å². The van der Waals surface area contributed by atoms with E-state index in [4.69, 9.17) is 9.47 Å². The van der Waals surface area contributed by atoms with E-state index in [-0.39, 0.29) is 12.6 Å². The van der Waals surface area contributed by atoms with Crippen molar-refractivity contribution < 1.29 is 14.3 Å². The summed E-state index contributed by atoms with van der Waals surface area (Å²) in [7, 11) is 0. The zero-order valence-electron chi connectivity index (χ0n) is 11.4. The Morgan fingerprint density at radius 3 is 3.11 bits per heavy atom. The molecule has 1 aromatic rings. The van der Waals surface area contributed by atoms with Crippen molar-refractivity contribution in [1.29, 1.82) is 0 Å². The second kappa shape index (κ2) is 7.26. The van der Waals surface area contributed by atoms with Gasteiger partial charge in [-0.25, -0.2) is 4.79 Å².